The fourth-order valence-corrected chi connectivity index (χ4v) is 2.11. The number of aromatic nitrogens is 1. The van der Waals surface area contributed by atoms with E-state index >= 15 is 0 Å². The van der Waals surface area contributed by atoms with Crippen molar-refractivity contribution in [2.24, 2.45) is 11.7 Å². The van der Waals surface area contributed by atoms with E-state index in [1.165, 1.54) is 4.88 Å². The van der Waals surface area contributed by atoms with Gasteiger partial charge >= 0.3 is 0 Å². The van der Waals surface area contributed by atoms with Crippen LogP contribution in [-0.4, -0.2) is 17.4 Å². The summed E-state index contributed by atoms with van der Waals surface area (Å²) >= 11 is 1.71. The molecule has 0 fully saturated rings. The molecular formula is C11H19N3OS. The molecule has 0 radical (unpaired) electrons. The summed E-state index contributed by atoms with van der Waals surface area (Å²) in [7, 11) is 0. The van der Waals surface area contributed by atoms with E-state index in [9.17, 15) is 4.79 Å². The lowest BCUT2D eigenvalue weighted by Crippen LogP contribution is -2.32. The molecule has 1 aromatic rings. The molecule has 0 bridgehead atoms. The topological polar surface area (TPSA) is 68.0 Å². The van der Waals surface area contributed by atoms with Crippen LogP contribution in [0.5, 0.6) is 0 Å². The van der Waals surface area contributed by atoms with Crippen LogP contribution in [0.25, 0.3) is 0 Å². The highest BCUT2D eigenvalue weighted by atomic mass is 32.1. The number of hydrogen-bond acceptors (Lipinski definition) is 4. The SMILES string of the molecule is CCc1cnc(C(C)NCC(C)C(N)=O)s1. The Morgan fingerprint density at radius 1 is 1.62 bits per heavy atom. The molecular weight excluding hydrogens is 222 g/mol. The Bertz CT molecular complexity index is 351. The van der Waals surface area contributed by atoms with Crippen molar-refractivity contribution in [3.8, 4) is 0 Å². The largest absolute Gasteiger partial charge is 0.369 e. The van der Waals surface area contributed by atoms with E-state index in [0.717, 1.165) is 11.4 Å². The first-order chi connectivity index (χ1) is 7.54. The second-order valence-corrected chi connectivity index (χ2v) is 5.10. The molecule has 0 saturated carbocycles. The number of amides is 1. The molecule has 0 aromatic carbocycles. The zero-order chi connectivity index (χ0) is 12.1. The van der Waals surface area contributed by atoms with E-state index in [2.05, 4.69) is 17.2 Å². The monoisotopic (exact) mass is 241 g/mol. The van der Waals surface area contributed by atoms with Gasteiger partial charge in [0.2, 0.25) is 5.91 Å². The molecule has 0 saturated heterocycles. The average molecular weight is 241 g/mol. The summed E-state index contributed by atoms with van der Waals surface area (Å²) in [4.78, 5) is 16.5. The van der Waals surface area contributed by atoms with Crippen LogP contribution >= 0.6 is 11.3 Å². The van der Waals surface area contributed by atoms with Crippen LogP contribution in [0.2, 0.25) is 0 Å². The summed E-state index contributed by atoms with van der Waals surface area (Å²) in [6.07, 6.45) is 2.93. The second-order valence-electron chi connectivity index (χ2n) is 3.95. The second kappa shape index (κ2) is 5.96. The minimum Gasteiger partial charge on any atom is -0.369 e. The summed E-state index contributed by atoms with van der Waals surface area (Å²) in [5.41, 5.74) is 5.19. The molecule has 0 spiro atoms. The fraction of sp³-hybridized carbons (Fsp3) is 0.636. The quantitative estimate of drug-likeness (QED) is 0.792. The van der Waals surface area contributed by atoms with Gasteiger partial charge in [0, 0.05) is 23.5 Å². The molecule has 0 aliphatic heterocycles. The summed E-state index contributed by atoms with van der Waals surface area (Å²) in [6, 6.07) is 0.173. The van der Waals surface area contributed by atoms with Gasteiger partial charge in [0.15, 0.2) is 0 Å². The molecule has 0 aliphatic carbocycles. The minimum absolute atomic E-state index is 0.145. The van der Waals surface area contributed by atoms with Crippen LogP contribution in [0.1, 0.15) is 36.7 Å². The summed E-state index contributed by atoms with van der Waals surface area (Å²) < 4.78 is 0. The van der Waals surface area contributed by atoms with Crippen molar-refractivity contribution >= 4 is 17.2 Å². The van der Waals surface area contributed by atoms with Gasteiger partial charge in [-0.15, -0.1) is 11.3 Å². The van der Waals surface area contributed by atoms with Crippen LogP contribution in [0.4, 0.5) is 0 Å². The third-order valence-electron chi connectivity index (χ3n) is 2.51. The minimum atomic E-state index is -0.270. The highest BCUT2D eigenvalue weighted by Gasteiger charge is 2.13. The van der Waals surface area contributed by atoms with Gasteiger partial charge < -0.3 is 11.1 Å². The van der Waals surface area contributed by atoms with Crippen molar-refractivity contribution in [1.82, 2.24) is 10.3 Å². The number of nitrogens with two attached hydrogens (primary N) is 1. The standard InChI is InChI=1S/C11H19N3OS/c1-4-9-6-14-11(16-9)8(3)13-5-7(2)10(12)15/h6-8,13H,4-5H2,1-3H3,(H2,12,15). The zero-order valence-electron chi connectivity index (χ0n) is 9.99. The van der Waals surface area contributed by atoms with Crippen molar-refractivity contribution in [3.05, 3.63) is 16.1 Å². The average Bonchev–Trinajstić information content (AvgIpc) is 2.73. The highest BCUT2D eigenvalue weighted by molar-refractivity contribution is 7.11. The van der Waals surface area contributed by atoms with E-state index in [0.29, 0.717) is 6.54 Å². The lowest BCUT2D eigenvalue weighted by atomic mass is 10.1. The number of primary amides is 1. The molecule has 16 heavy (non-hydrogen) atoms. The van der Waals surface area contributed by atoms with E-state index in [1.807, 2.05) is 20.0 Å². The Kier molecular flexibility index (Phi) is 4.89. The zero-order valence-corrected chi connectivity index (χ0v) is 10.8. The number of nitrogens with zero attached hydrogens (tertiary/aromatic N) is 1. The van der Waals surface area contributed by atoms with Gasteiger partial charge in [0.1, 0.15) is 5.01 Å². The Labute approximate surface area is 100 Å². The van der Waals surface area contributed by atoms with Crippen molar-refractivity contribution in [2.45, 2.75) is 33.2 Å². The molecule has 1 amide bonds. The maximum absolute atomic E-state index is 10.9. The molecule has 2 atom stereocenters. The van der Waals surface area contributed by atoms with Gasteiger partial charge in [-0.25, -0.2) is 4.98 Å². The van der Waals surface area contributed by atoms with Gasteiger partial charge in [-0.05, 0) is 13.3 Å². The number of carbonyl (C=O) groups is 1. The number of rotatable bonds is 6. The third kappa shape index (κ3) is 3.57. The lowest BCUT2D eigenvalue weighted by molar-refractivity contribution is -0.121. The van der Waals surface area contributed by atoms with Crippen LogP contribution in [-0.2, 0) is 11.2 Å². The summed E-state index contributed by atoms with van der Waals surface area (Å²) in [5.74, 6) is -0.416. The molecule has 1 rings (SSSR count). The van der Waals surface area contributed by atoms with Crippen LogP contribution in [0.15, 0.2) is 6.20 Å². The van der Waals surface area contributed by atoms with Crippen molar-refractivity contribution in [1.29, 1.82) is 0 Å². The highest BCUT2D eigenvalue weighted by Crippen LogP contribution is 2.20. The fourth-order valence-electron chi connectivity index (χ4n) is 1.23. The summed E-state index contributed by atoms with van der Waals surface area (Å²) in [6.45, 7) is 6.58. The molecule has 3 N–H and O–H groups in total. The molecule has 5 heteroatoms. The molecule has 1 aromatic heterocycles. The maximum atomic E-state index is 10.9. The third-order valence-corrected chi connectivity index (χ3v) is 3.83. The van der Waals surface area contributed by atoms with Crippen molar-refractivity contribution in [3.63, 3.8) is 0 Å². The molecule has 1 heterocycles. The molecule has 2 unspecified atom stereocenters. The predicted octanol–water partition coefficient (Wildman–Crippen LogP) is 1.48. The van der Waals surface area contributed by atoms with Crippen molar-refractivity contribution in [2.75, 3.05) is 6.54 Å². The van der Waals surface area contributed by atoms with Gasteiger partial charge in [0.25, 0.3) is 0 Å². The first kappa shape index (κ1) is 13.1. The molecule has 0 aliphatic rings. The van der Waals surface area contributed by atoms with E-state index < -0.39 is 0 Å². The number of nitrogens with one attached hydrogen (secondary N) is 1. The van der Waals surface area contributed by atoms with E-state index in [-0.39, 0.29) is 17.9 Å². The van der Waals surface area contributed by atoms with E-state index in [1.54, 1.807) is 11.3 Å². The first-order valence-corrected chi connectivity index (χ1v) is 6.33. The Morgan fingerprint density at radius 3 is 2.81 bits per heavy atom. The molecule has 90 valence electrons. The number of aryl methyl sites for hydroxylation is 1. The maximum Gasteiger partial charge on any atom is 0.221 e. The van der Waals surface area contributed by atoms with Gasteiger partial charge in [-0.1, -0.05) is 13.8 Å². The Hall–Kier alpha value is -0.940. The smallest absolute Gasteiger partial charge is 0.221 e. The summed E-state index contributed by atoms with van der Waals surface area (Å²) in [5, 5.41) is 4.33. The first-order valence-electron chi connectivity index (χ1n) is 5.51. The van der Waals surface area contributed by atoms with Crippen LogP contribution in [0.3, 0.4) is 0 Å². The van der Waals surface area contributed by atoms with Crippen LogP contribution < -0.4 is 11.1 Å². The Balaban J connectivity index is 2.46. The number of carbonyl (C=O) groups excluding carboxylic acids is 1. The van der Waals surface area contributed by atoms with Crippen LogP contribution in [0, 0.1) is 5.92 Å². The Morgan fingerprint density at radius 2 is 2.31 bits per heavy atom. The molecule has 4 nitrogen and oxygen atoms in total. The van der Waals surface area contributed by atoms with Crippen molar-refractivity contribution < 1.29 is 4.79 Å². The predicted molar refractivity (Wildman–Crippen MR) is 66.3 cm³/mol. The van der Waals surface area contributed by atoms with Gasteiger partial charge in [-0.2, -0.15) is 0 Å². The van der Waals surface area contributed by atoms with Gasteiger partial charge in [-0.3, -0.25) is 4.79 Å². The van der Waals surface area contributed by atoms with E-state index in [4.69, 9.17) is 5.73 Å². The van der Waals surface area contributed by atoms with Gasteiger partial charge in [0.05, 0.1) is 6.04 Å². The number of hydrogen-bond donors (Lipinski definition) is 2. The number of thiazole rings is 1. The normalized spacial score (nSPS) is 14.7. The lowest BCUT2D eigenvalue weighted by Gasteiger charge is -2.13.